The summed E-state index contributed by atoms with van der Waals surface area (Å²) in [7, 11) is 1.50. The van der Waals surface area contributed by atoms with Crippen molar-refractivity contribution in [1.29, 1.82) is 0 Å². The van der Waals surface area contributed by atoms with E-state index < -0.39 is 23.4 Å². The molecule has 0 aliphatic rings. The zero-order chi connectivity index (χ0) is 24.0. The van der Waals surface area contributed by atoms with Crippen LogP contribution in [0.5, 0.6) is 5.75 Å². The Morgan fingerprint density at radius 1 is 1.24 bits per heavy atom. The van der Waals surface area contributed by atoms with Crippen molar-refractivity contribution in [1.82, 2.24) is 19.7 Å². The molecule has 2 aromatic heterocycles. The largest absolute Gasteiger partial charge is 0.496 e. The van der Waals surface area contributed by atoms with Crippen LogP contribution in [0, 0.1) is 19.7 Å². The Balaban J connectivity index is 2.07. The number of fused-ring (bicyclic) bond motifs is 1. The van der Waals surface area contributed by atoms with Crippen LogP contribution in [0.15, 0.2) is 30.6 Å². The van der Waals surface area contributed by atoms with Crippen molar-refractivity contribution in [3.05, 3.63) is 63.8 Å². The number of aromatic nitrogens is 4. The number of aryl methyl sites for hydroxylation is 1. The highest BCUT2D eigenvalue weighted by molar-refractivity contribution is 6.31. The molecule has 0 radical (unpaired) electrons. The quantitative estimate of drug-likeness (QED) is 0.431. The summed E-state index contributed by atoms with van der Waals surface area (Å²) in [6, 6.07) is 5.41. The predicted molar refractivity (Wildman–Crippen MR) is 123 cm³/mol. The first-order valence-electron chi connectivity index (χ1n) is 10.0. The number of nitrogens with zero attached hydrogens (tertiary/aromatic N) is 4. The fourth-order valence-corrected chi connectivity index (χ4v) is 4.27. The first-order valence-corrected chi connectivity index (χ1v) is 10.4. The highest BCUT2D eigenvalue weighted by atomic mass is 35.5. The van der Waals surface area contributed by atoms with Gasteiger partial charge in [-0.05, 0) is 50.1 Å². The second-order valence-electron chi connectivity index (χ2n) is 7.61. The van der Waals surface area contributed by atoms with Crippen LogP contribution in [0.2, 0.25) is 5.02 Å². The average Bonchev–Trinajstić information content (AvgIpc) is 3.12. The van der Waals surface area contributed by atoms with Crippen LogP contribution >= 0.6 is 11.6 Å². The van der Waals surface area contributed by atoms with Crippen molar-refractivity contribution in [2.24, 2.45) is 0 Å². The van der Waals surface area contributed by atoms with Gasteiger partial charge in [0.25, 0.3) is 0 Å². The van der Waals surface area contributed by atoms with E-state index in [0.29, 0.717) is 44.2 Å². The first kappa shape index (κ1) is 22.5. The van der Waals surface area contributed by atoms with E-state index in [0.717, 1.165) is 0 Å². The van der Waals surface area contributed by atoms with Crippen molar-refractivity contribution in [3.8, 4) is 16.9 Å². The zero-order valence-electron chi connectivity index (χ0n) is 18.3. The van der Waals surface area contributed by atoms with Crippen LogP contribution in [-0.2, 0) is 0 Å². The van der Waals surface area contributed by atoms with Crippen molar-refractivity contribution < 1.29 is 19.0 Å². The minimum Gasteiger partial charge on any atom is -0.496 e. The zero-order valence-corrected chi connectivity index (χ0v) is 19.1. The number of methoxy groups -OCH3 is 1. The number of nitrogen functional groups attached to an aromatic ring is 1. The molecule has 0 fully saturated rings. The van der Waals surface area contributed by atoms with E-state index in [1.165, 1.54) is 24.2 Å². The highest BCUT2D eigenvalue weighted by Crippen LogP contribution is 2.42. The molecule has 1 atom stereocenters. The van der Waals surface area contributed by atoms with Gasteiger partial charge >= 0.3 is 5.97 Å². The number of halogens is 2. The molecule has 0 amide bonds. The topological polar surface area (TPSA) is 116 Å². The van der Waals surface area contributed by atoms with Gasteiger partial charge in [-0.2, -0.15) is 5.10 Å². The van der Waals surface area contributed by atoms with Crippen molar-refractivity contribution in [2.75, 3.05) is 12.8 Å². The lowest BCUT2D eigenvalue weighted by atomic mass is 9.90. The third-order valence-corrected chi connectivity index (χ3v) is 6.15. The minimum atomic E-state index is -1.38. The fraction of sp³-hybridized carbons (Fsp3) is 0.217. The molecule has 8 nitrogen and oxygen atoms in total. The van der Waals surface area contributed by atoms with Crippen LogP contribution in [0.1, 0.15) is 40.1 Å². The van der Waals surface area contributed by atoms with Gasteiger partial charge in [0.2, 0.25) is 0 Å². The number of rotatable bonds is 5. The molecule has 4 aromatic rings. The normalized spacial score (nSPS) is 12.2. The monoisotopic (exact) mass is 469 g/mol. The molecule has 0 bridgehead atoms. The van der Waals surface area contributed by atoms with Gasteiger partial charge in [0, 0.05) is 16.1 Å². The molecule has 0 saturated heterocycles. The van der Waals surface area contributed by atoms with E-state index in [2.05, 4.69) is 15.1 Å². The summed E-state index contributed by atoms with van der Waals surface area (Å²) in [5.74, 6) is -1.53. The van der Waals surface area contributed by atoms with Crippen LogP contribution in [0.3, 0.4) is 0 Å². The summed E-state index contributed by atoms with van der Waals surface area (Å²) in [5.41, 5.74) is 8.31. The van der Waals surface area contributed by atoms with Crippen LogP contribution in [-0.4, -0.2) is 37.9 Å². The van der Waals surface area contributed by atoms with Gasteiger partial charge in [-0.25, -0.2) is 23.8 Å². The van der Waals surface area contributed by atoms with Gasteiger partial charge in [-0.1, -0.05) is 17.7 Å². The Bertz CT molecular complexity index is 1420. The Hall–Kier alpha value is -3.72. The summed E-state index contributed by atoms with van der Waals surface area (Å²) in [6.45, 7) is 5.25. The van der Waals surface area contributed by atoms with E-state index in [9.17, 15) is 9.90 Å². The maximum atomic E-state index is 15.8. The summed E-state index contributed by atoms with van der Waals surface area (Å²) in [4.78, 5) is 20.0. The molecule has 3 N–H and O–H groups in total. The van der Waals surface area contributed by atoms with Crippen molar-refractivity contribution in [2.45, 2.75) is 26.8 Å². The van der Waals surface area contributed by atoms with Crippen LogP contribution in [0.4, 0.5) is 10.2 Å². The van der Waals surface area contributed by atoms with Gasteiger partial charge < -0.3 is 15.6 Å². The van der Waals surface area contributed by atoms with Crippen molar-refractivity contribution in [3.63, 3.8) is 0 Å². The Morgan fingerprint density at radius 3 is 2.64 bits per heavy atom. The molecular formula is C23H21ClFN5O3. The number of benzene rings is 2. The average molecular weight is 470 g/mol. The van der Waals surface area contributed by atoms with Crippen LogP contribution < -0.4 is 10.5 Å². The molecule has 2 aromatic carbocycles. The Labute approximate surface area is 193 Å². The highest BCUT2D eigenvalue weighted by Gasteiger charge is 2.28. The molecule has 0 saturated carbocycles. The Kier molecular flexibility index (Phi) is 5.67. The summed E-state index contributed by atoms with van der Waals surface area (Å²) < 4.78 is 22.8. The number of hydrogen-bond acceptors (Lipinski definition) is 6. The third kappa shape index (κ3) is 3.54. The smallest absolute Gasteiger partial charge is 0.338 e. The van der Waals surface area contributed by atoms with Crippen LogP contribution in [0.25, 0.3) is 22.2 Å². The SMILES string of the molecule is COc1ccc(Cl)c(C)c1-c1ccc(C(=O)O)c(F)c1C(C)n1nc(C)c2c(N)ncnc21. The van der Waals surface area contributed by atoms with E-state index in [1.54, 1.807) is 39.0 Å². The number of anilines is 1. The maximum Gasteiger partial charge on any atom is 0.338 e. The molecule has 10 heteroatoms. The standard InChI is InChI=1S/C23H21ClFN5O3/c1-10-15(24)7-8-16(33-4)17(10)13-5-6-14(23(31)32)20(25)19(13)12(3)30-22-18(11(2)29-30)21(26)27-9-28-22/h5-9,12H,1-4H3,(H,31,32)(H2,26,27,28). The van der Waals surface area contributed by atoms with Gasteiger partial charge in [0.15, 0.2) is 5.65 Å². The van der Waals surface area contributed by atoms with Gasteiger partial charge in [0.1, 0.15) is 23.7 Å². The minimum absolute atomic E-state index is 0.111. The maximum absolute atomic E-state index is 15.8. The van der Waals surface area contributed by atoms with E-state index in [-0.39, 0.29) is 11.4 Å². The number of carboxylic acids is 1. The molecule has 1 unspecified atom stereocenters. The molecule has 33 heavy (non-hydrogen) atoms. The second-order valence-corrected chi connectivity index (χ2v) is 8.01. The van der Waals surface area contributed by atoms with Gasteiger partial charge in [0.05, 0.1) is 29.8 Å². The lowest BCUT2D eigenvalue weighted by Crippen LogP contribution is -2.15. The summed E-state index contributed by atoms with van der Waals surface area (Å²) in [5, 5.41) is 15.1. The lowest BCUT2D eigenvalue weighted by molar-refractivity contribution is 0.0691. The second kappa shape index (κ2) is 8.32. The molecule has 0 aliphatic heterocycles. The molecule has 0 aliphatic carbocycles. The molecule has 0 spiro atoms. The third-order valence-electron chi connectivity index (χ3n) is 5.74. The first-order chi connectivity index (χ1) is 15.7. The summed E-state index contributed by atoms with van der Waals surface area (Å²) in [6.07, 6.45) is 1.30. The van der Waals surface area contributed by atoms with Gasteiger partial charge in [-0.3, -0.25) is 0 Å². The predicted octanol–water partition coefficient (Wildman–Crippen LogP) is 4.80. The lowest BCUT2D eigenvalue weighted by Gasteiger charge is -2.22. The van der Waals surface area contributed by atoms with E-state index in [4.69, 9.17) is 22.1 Å². The number of hydrogen-bond donors (Lipinski definition) is 2. The van der Waals surface area contributed by atoms with Gasteiger partial charge in [-0.15, -0.1) is 0 Å². The number of nitrogens with two attached hydrogens (primary N) is 1. The fourth-order valence-electron chi connectivity index (χ4n) is 4.11. The molecule has 2 heterocycles. The molecule has 170 valence electrons. The Morgan fingerprint density at radius 2 is 1.97 bits per heavy atom. The molecule has 4 rings (SSSR count). The number of aromatic carboxylic acids is 1. The summed E-state index contributed by atoms with van der Waals surface area (Å²) >= 11 is 6.37. The number of carbonyl (C=O) groups is 1. The molecular weight excluding hydrogens is 449 g/mol. The van der Waals surface area contributed by atoms with E-state index >= 15 is 4.39 Å². The van der Waals surface area contributed by atoms with E-state index in [1.807, 2.05) is 0 Å². The number of ether oxygens (including phenoxy) is 1. The van der Waals surface area contributed by atoms with Crippen molar-refractivity contribution >= 4 is 34.4 Å². The number of carboxylic acid groups (broad SMARTS) is 1.